The van der Waals surface area contributed by atoms with E-state index in [4.69, 9.17) is 34.8 Å². The molecule has 6 aromatic rings. The smallest absolute Gasteiger partial charge is 0.200 e. The summed E-state index contributed by atoms with van der Waals surface area (Å²) in [5.74, 6) is -9.49. The maximum atomic E-state index is 15.3. The van der Waals surface area contributed by atoms with Crippen molar-refractivity contribution in [2.45, 2.75) is 10.5 Å². The van der Waals surface area contributed by atoms with E-state index in [-0.39, 0.29) is 23.1 Å². The number of fused-ring (bicyclic) bond motifs is 7. The zero-order valence-electron chi connectivity index (χ0n) is 21.0. The summed E-state index contributed by atoms with van der Waals surface area (Å²) in [7, 11) is -2.92. The van der Waals surface area contributed by atoms with Crippen LogP contribution in [0.3, 0.4) is 0 Å². The number of hydrogen-bond donors (Lipinski definition) is 0. The third-order valence-electron chi connectivity index (χ3n) is 7.00. The molecule has 1 aliphatic rings. The van der Waals surface area contributed by atoms with Crippen molar-refractivity contribution in [2.24, 2.45) is 0 Å². The molecule has 2 aromatic heterocycles. The fourth-order valence-electron chi connectivity index (χ4n) is 5.46. The first-order valence-electron chi connectivity index (χ1n) is 12.1. The maximum absolute atomic E-state index is 15.3. The quantitative estimate of drug-likeness (QED) is 0.0587. The van der Waals surface area contributed by atoms with E-state index < -0.39 is 46.2 Å². The predicted octanol–water partition coefficient (Wildman–Crippen LogP) is 7.28. The van der Waals surface area contributed by atoms with Crippen molar-refractivity contribution in [2.75, 3.05) is 0 Å². The van der Waals surface area contributed by atoms with E-state index in [9.17, 15) is 13.2 Å². The largest absolute Gasteiger partial charge is 1.00 e. The summed E-state index contributed by atoms with van der Waals surface area (Å²) in [6, 6.07) is 25.1. The lowest BCUT2D eigenvalue weighted by atomic mass is 10.2. The van der Waals surface area contributed by atoms with Crippen LogP contribution in [0.1, 0.15) is 5.56 Å². The molecule has 0 N–H and O–H groups in total. The highest BCUT2D eigenvalue weighted by Crippen LogP contribution is 2.69. The summed E-state index contributed by atoms with van der Waals surface area (Å²) in [5, 5.41) is 4.66. The average molecular weight is 753 g/mol. The number of alkyl halides is 3. The Morgan fingerprint density at radius 3 is 1.40 bits per heavy atom. The van der Waals surface area contributed by atoms with Crippen molar-refractivity contribution >= 4 is 101 Å². The highest BCUT2D eigenvalue weighted by molar-refractivity contribution is 7.97. The maximum Gasteiger partial charge on any atom is 0.200 e. The van der Waals surface area contributed by atoms with Crippen LogP contribution >= 0.6 is 64.7 Å². The van der Waals surface area contributed by atoms with Crippen molar-refractivity contribution in [1.82, 2.24) is 0 Å². The molecule has 0 saturated heterocycles. The second kappa shape index (κ2) is 12.3. The minimum Gasteiger partial charge on any atom is -1.00 e. The molecule has 0 radical (unpaired) electrons. The first kappa shape index (κ1) is 31.6. The Morgan fingerprint density at radius 1 is 0.571 bits per heavy atom. The third kappa shape index (κ3) is 4.97. The molecule has 0 nitrogen and oxygen atoms in total. The van der Waals surface area contributed by atoms with Gasteiger partial charge in [0.15, 0.2) is 27.6 Å². The summed E-state index contributed by atoms with van der Waals surface area (Å²) in [6.45, 7) is 0. The minimum absolute atomic E-state index is 0. The van der Waals surface area contributed by atoms with E-state index in [0.29, 0.717) is 0 Å². The van der Waals surface area contributed by atoms with Gasteiger partial charge in [0, 0.05) is 20.2 Å². The zero-order chi connectivity index (χ0) is 29.1. The standard InChI is InChI=1S/C29H15F5PS2.CHCl3.BrH/c30-21-18(22(31)24(33)25(34)23(21)32)14-35(15-8-2-1-3-9-15)26-16-10-4-6-12-19(16)36-28(26)29-27(35)17-11-5-7-13-20(17)37-29;2-1(3)4;/h1-13H,14H2;1H;1H/q+1;;/p-1. The van der Waals surface area contributed by atoms with Crippen LogP contribution in [-0.2, 0) is 6.16 Å². The van der Waals surface area contributed by atoms with Crippen molar-refractivity contribution in [3.05, 3.63) is 114 Å². The molecule has 0 fully saturated rings. The van der Waals surface area contributed by atoms with Gasteiger partial charge < -0.3 is 17.0 Å². The molecule has 0 amide bonds. The summed E-state index contributed by atoms with van der Waals surface area (Å²) in [4.78, 5) is 2.02. The van der Waals surface area contributed by atoms with Gasteiger partial charge in [-0.2, -0.15) is 0 Å². The Labute approximate surface area is 271 Å². The molecule has 3 heterocycles. The number of rotatable bonds is 3. The van der Waals surface area contributed by atoms with Crippen molar-refractivity contribution in [3.8, 4) is 9.75 Å². The first-order chi connectivity index (χ1) is 19.7. The number of benzene rings is 4. The molecule has 0 unspecified atom stereocenters. The Hall–Kier alpha value is -1.77. The lowest BCUT2D eigenvalue weighted by Crippen LogP contribution is -3.00. The molecule has 4 aromatic carbocycles. The minimum atomic E-state index is -2.92. The normalized spacial score (nSPS) is 13.1. The fourth-order valence-corrected chi connectivity index (χ4v) is 14.1. The molecule has 1 aliphatic heterocycles. The van der Waals surface area contributed by atoms with Crippen molar-refractivity contribution in [1.29, 1.82) is 0 Å². The second-order valence-electron chi connectivity index (χ2n) is 9.15. The number of hydrogen-bond acceptors (Lipinski definition) is 2. The molecule has 0 bridgehead atoms. The Kier molecular flexibility index (Phi) is 9.28. The van der Waals surface area contributed by atoms with E-state index in [1.54, 1.807) is 22.7 Å². The summed E-state index contributed by atoms with van der Waals surface area (Å²) < 4.78 is 74.7. The predicted molar refractivity (Wildman–Crippen MR) is 166 cm³/mol. The molecule has 216 valence electrons. The van der Waals surface area contributed by atoms with Gasteiger partial charge in [0.2, 0.25) is 5.82 Å². The number of thiophene rings is 2. The number of halogens is 9. The molecule has 0 spiro atoms. The van der Waals surface area contributed by atoms with Gasteiger partial charge in [0.05, 0.1) is 15.3 Å². The van der Waals surface area contributed by atoms with Crippen LogP contribution in [-0.4, -0.2) is 4.30 Å². The molecule has 0 aliphatic carbocycles. The van der Waals surface area contributed by atoms with Crippen LogP contribution in [0.2, 0.25) is 0 Å². The van der Waals surface area contributed by atoms with Gasteiger partial charge in [-0.25, -0.2) is 22.0 Å². The lowest BCUT2D eigenvalue weighted by molar-refractivity contribution is -0.00000988. The molecular weight excluding hydrogens is 737 g/mol. The van der Waals surface area contributed by atoms with Crippen molar-refractivity contribution < 1.29 is 38.9 Å². The topological polar surface area (TPSA) is 0 Å². The lowest BCUT2D eigenvalue weighted by Gasteiger charge is -2.25. The molecule has 42 heavy (non-hydrogen) atoms. The Balaban J connectivity index is 0.000000665. The van der Waals surface area contributed by atoms with Crippen LogP contribution in [0, 0.1) is 29.1 Å². The van der Waals surface area contributed by atoms with Crippen LogP contribution < -0.4 is 32.9 Å². The van der Waals surface area contributed by atoms with E-state index in [2.05, 4.69) is 0 Å². The van der Waals surface area contributed by atoms with Gasteiger partial charge in [-0.15, -0.1) is 22.7 Å². The van der Waals surface area contributed by atoms with Gasteiger partial charge in [0.1, 0.15) is 29.3 Å². The van der Waals surface area contributed by atoms with E-state index >= 15 is 8.78 Å². The zero-order valence-corrected chi connectivity index (χ0v) is 27.3. The van der Waals surface area contributed by atoms with E-state index in [0.717, 1.165) is 45.8 Å². The average Bonchev–Trinajstić information content (AvgIpc) is 3.62. The second-order valence-corrected chi connectivity index (χ2v) is 16.6. The molecular formula is C30H16BrCl3F5PS2. The summed E-state index contributed by atoms with van der Waals surface area (Å²) in [6.07, 6.45) is -0.315. The van der Waals surface area contributed by atoms with Crippen LogP contribution in [0.25, 0.3) is 29.9 Å². The molecule has 12 heteroatoms. The van der Waals surface area contributed by atoms with Crippen LogP contribution in [0.15, 0.2) is 78.9 Å². The van der Waals surface area contributed by atoms with Gasteiger partial charge in [-0.05, 0) is 36.4 Å². The Morgan fingerprint density at radius 2 is 0.952 bits per heavy atom. The Bertz CT molecular complexity index is 1830. The highest BCUT2D eigenvalue weighted by Gasteiger charge is 2.58. The van der Waals surface area contributed by atoms with Gasteiger partial charge in [0.25, 0.3) is 0 Å². The summed E-state index contributed by atoms with van der Waals surface area (Å²) >= 11 is 17.6. The monoisotopic (exact) mass is 750 g/mol. The highest BCUT2D eigenvalue weighted by atomic mass is 79.9. The van der Waals surface area contributed by atoms with E-state index in [1.165, 1.54) is 0 Å². The van der Waals surface area contributed by atoms with E-state index in [1.807, 2.05) is 78.9 Å². The molecule has 0 saturated carbocycles. The fraction of sp³-hybridized carbons (Fsp3) is 0.0667. The SMILES string of the molecule is ClC(Cl)Cl.Fc1c(F)c(F)c(C[P+]2(c3ccccc3)c3c(sc4ccccc34)-c3sc4ccccc4c32)c(F)c1F.[Br-]. The van der Waals surface area contributed by atoms with Gasteiger partial charge in [-0.1, -0.05) is 77.3 Å². The van der Waals surface area contributed by atoms with Crippen LogP contribution in [0.5, 0.6) is 0 Å². The third-order valence-corrected chi connectivity index (χ3v) is 14.2. The van der Waals surface area contributed by atoms with Crippen molar-refractivity contribution in [3.63, 3.8) is 0 Å². The van der Waals surface area contributed by atoms with Crippen LogP contribution in [0.4, 0.5) is 22.0 Å². The van der Waals surface area contributed by atoms with Gasteiger partial charge >= 0.3 is 0 Å². The molecule has 0 atom stereocenters. The summed E-state index contributed by atoms with van der Waals surface area (Å²) in [5.41, 5.74) is -0.766. The first-order valence-corrected chi connectivity index (χ1v) is 17.0. The van der Waals surface area contributed by atoms with Gasteiger partial charge in [-0.3, -0.25) is 0 Å². The molecule has 7 rings (SSSR count).